The Balaban J connectivity index is 1.47. The van der Waals surface area contributed by atoms with Crippen LogP contribution in [-0.2, 0) is 11.3 Å². The van der Waals surface area contributed by atoms with Crippen LogP contribution >= 0.6 is 23.4 Å². The Morgan fingerprint density at radius 1 is 1.18 bits per heavy atom. The van der Waals surface area contributed by atoms with Crippen molar-refractivity contribution in [3.63, 3.8) is 0 Å². The summed E-state index contributed by atoms with van der Waals surface area (Å²) >= 11 is 7.47. The monoisotopic (exact) mass is 487 g/mol. The van der Waals surface area contributed by atoms with E-state index in [1.54, 1.807) is 41.3 Å². The van der Waals surface area contributed by atoms with Gasteiger partial charge in [0.2, 0.25) is 5.91 Å². The SMILES string of the molecule is CCn1c(SCC(=O)Nc2ccccc2F)nnc1C1CCCN1C(=O)c1ccccc1Cl. The second kappa shape index (κ2) is 10.4. The van der Waals surface area contributed by atoms with Gasteiger partial charge in [0, 0.05) is 13.1 Å². The van der Waals surface area contributed by atoms with Gasteiger partial charge in [-0.05, 0) is 44.0 Å². The number of para-hydroxylation sites is 1. The van der Waals surface area contributed by atoms with Crippen LogP contribution in [0.4, 0.5) is 10.1 Å². The number of hydrogen-bond donors (Lipinski definition) is 1. The van der Waals surface area contributed by atoms with Gasteiger partial charge in [0.15, 0.2) is 11.0 Å². The van der Waals surface area contributed by atoms with Crippen molar-refractivity contribution in [2.45, 2.75) is 37.5 Å². The molecule has 4 rings (SSSR count). The first-order valence-corrected chi connectivity index (χ1v) is 12.0. The summed E-state index contributed by atoms with van der Waals surface area (Å²) in [7, 11) is 0. The van der Waals surface area contributed by atoms with Gasteiger partial charge >= 0.3 is 0 Å². The van der Waals surface area contributed by atoms with Crippen molar-refractivity contribution in [3.8, 4) is 0 Å². The predicted octanol–water partition coefficient (Wildman–Crippen LogP) is 4.80. The van der Waals surface area contributed by atoms with Gasteiger partial charge in [-0.3, -0.25) is 9.59 Å². The van der Waals surface area contributed by atoms with E-state index in [1.807, 2.05) is 11.5 Å². The highest BCUT2D eigenvalue weighted by atomic mass is 35.5. The van der Waals surface area contributed by atoms with Crippen LogP contribution in [0.3, 0.4) is 0 Å². The van der Waals surface area contributed by atoms with Crippen molar-refractivity contribution >= 4 is 40.9 Å². The number of nitrogens with one attached hydrogen (secondary N) is 1. The van der Waals surface area contributed by atoms with Crippen molar-refractivity contribution in [2.75, 3.05) is 17.6 Å². The third-order valence-corrected chi connectivity index (χ3v) is 6.75. The van der Waals surface area contributed by atoms with Crippen molar-refractivity contribution in [2.24, 2.45) is 0 Å². The number of amides is 2. The highest BCUT2D eigenvalue weighted by Crippen LogP contribution is 2.34. The molecule has 0 saturated carbocycles. The molecule has 7 nitrogen and oxygen atoms in total. The molecule has 172 valence electrons. The van der Waals surface area contributed by atoms with Crippen LogP contribution in [0, 0.1) is 5.82 Å². The highest BCUT2D eigenvalue weighted by Gasteiger charge is 2.35. The number of carbonyl (C=O) groups excluding carboxylic acids is 2. The molecule has 2 heterocycles. The van der Waals surface area contributed by atoms with Crippen LogP contribution in [-0.4, -0.2) is 43.8 Å². The molecule has 1 aliphatic rings. The normalized spacial score (nSPS) is 15.6. The summed E-state index contributed by atoms with van der Waals surface area (Å²) < 4.78 is 15.7. The first kappa shape index (κ1) is 23.3. The lowest BCUT2D eigenvalue weighted by Gasteiger charge is -2.25. The third kappa shape index (κ3) is 5.04. The maximum atomic E-state index is 13.8. The van der Waals surface area contributed by atoms with E-state index >= 15 is 0 Å². The number of hydrogen-bond acceptors (Lipinski definition) is 5. The number of carbonyl (C=O) groups is 2. The zero-order chi connectivity index (χ0) is 23.4. The minimum absolute atomic E-state index is 0.0550. The summed E-state index contributed by atoms with van der Waals surface area (Å²) in [6.45, 7) is 3.16. The second-order valence-electron chi connectivity index (χ2n) is 7.54. The number of nitrogens with zero attached hydrogens (tertiary/aromatic N) is 4. The number of anilines is 1. The molecule has 1 saturated heterocycles. The van der Waals surface area contributed by atoms with Gasteiger partial charge in [0.25, 0.3) is 5.91 Å². The molecular formula is C23H23ClFN5O2S. The van der Waals surface area contributed by atoms with E-state index in [1.165, 1.54) is 23.9 Å². The smallest absolute Gasteiger partial charge is 0.255 e. The minimum atomic E-state index is -0.487. The highest BCUT2D eigenvalue weighted by molar-refractivity contribution is 7.99. The molecule has 2 amide bonds. The molecule has 0 bridgehead atoms. The lowest BCUT2D eigenvalue weighted by Crippen LogP contribution is -2.32. The molecule has 1 aromatic heterocycles. The third-order valence-electron chi connectivity index (χ3n) is 5.46. The molecule has 1 unspecified atom stereocenters. The Hall–Kier alpha value is -2.91. The standard InChI is InChI=1S/C23H23ClFN5O2S/c1-2-29-21(19-12-7-13-30(19)22(32)15-8-3-4-9-16(15)24)27-28-23(29)33-14-20(31)26-18-11-6-5-10-17(18)25/h3-6,8-11,19H,2,7,12-14H2,1H3,(H,26,31). The molecule has 0 radical (unpaired) electrons. The van der Waals surface area contributed by atoms with Crippen LogP contribution < -0.4 is 5.32 Å². The summed E-state index contributed by atoms with van der Waals surface area (Å²) in [5.41, 5.74) is 0.605. The summed E-state index contributed by atoms with van der Waals surface area (Å²) in [5, 5.41) is 12.2. The van der Waals surface area contributed by atoms with Gasteiger partial charge in [0.05, 0.1) is 28.1 Å². The second-order valence-corrected chi connectivity index (χ2v) is 8.89. The van der Waals surface area contributed by atoms with Gasteiger partial charge in [-0.25, -0.2) is 4.39 Å². The molecule has 1 aliphatic heterocycles. The molecule has 2 aromatic carbocycles. The van der Waals surface area contributed by atoms with Crippen LogP contribution in [0.1, 0.15) is 42.0 Å². The zero-order valence-corrected chi connectivity index (χ0v) is 19.6. The number of aromatic nitrogens is 3. The Morgan fingerprint density at radius 3 is 2.70 bits per heavy atom. The lowest BCUT2D eigenvalue weighted by atomic mass is 10.1. The van der Waals surface area contributed by atoms with Gasteiger partial charge in [-0.1, -0.05) is 47.6 Å². The summed E-state index contributed by atoms with van der Waals surface area (Å²) in [5.74, 6) is -0.216. The van der Waals surface area contributed by atoms with Crippen LogP contribution in [0.25, 0.3) is 0 Å². The fourth-order valence-corrected chi connectivity index (χ4v) is 4.92. The molecule has 10 heteroatoms. The van der Waals surface area contributed by atoms with Crippen molar-refractivity contribution in [1.29, 1.82) is 0 Å². The Labute approximate surface area is 200 Å². The Morgan fingerprint density at radius 2 is 1.94 bits per heavy atom. The number of rotatable bonds is 7. The molecule has 1 fully saturated rings. The molecule has 0 spiro atoms. The minimum Gasteiger partial charge on any atom is -0.328 e. The van der Waals surface area contributed by atoms with E-state index in [0.29, 0.717) is 34.7 Å². The van der Waals surface area contributed by atoms with E-state index in [-0.39, 0.29) is 29.3 Å². The average Bonchev–Trinajstić information content (AvgIpc) is 3.45. The summed E-state index contributed by atoms with van der Waals surface area (Å²) in [6, 6.07) is 12.8. The average molecular weight is 488 g/mol. The van der Waals surface area contributed by atoms with Crippen LogP contribution in [0.5, 0.6) is 0 Å². The number of likely N-dealkylation sites (tertiary alicyclic amines) is 1. The van der Waals surface area contributed by atoms with E-state index in [4.69, 9.17) is 11.6 Å². The maximum absolute atomic E-state index is 13.8. The van der Waals surface area contributed by atoms with Crippen molar-refractivity contribution in [1.82, 2.24) is 19.7 Å². The predicted molar refractivity (Wildman–Crippen MR) is 126 cm³/mol. The van der Waals surface area contributed by atoms with Crippen LogP contribution in [0.15, 0.2) is 53.7 Å². The maximum Gasteiger partial charge on any atom is 0.255 e. The van der Waals surface area contributed by atoms with Crippen molar-refractivity contribution < 1.29 is 14.0 Å². The molecule has 0 aliphatic carbocycles. The molecule has 33 heavy (non-hydrogen) atoms. The quantitative estimate of drug-likeness (QED) is 0.484. The zero-order valence-electron chi connectivity index (χ0n) is 18.0. The molecule has 1 N–H and O–H groups in total. The fourth-order valence-electron chi connectivity index (χ4n) is 3.90. The first-order valence-electron chi connectivity index (χ1n) is 10.6. The largest absolute Gasteiger partial charge is 0.328 e. The molecular weight excluding hydrogens is 465 g/mol. The Bertz CT molecular complexity index is 1170. The van der Waals surface area contributed by atoms with E-state index < -0.39 is 5.82 Å². The van der Waals surface area contributed by atoms with Crippen molar-refractivity contribution in [3.05, 3.63) is 70.8 Å². The van der Waals surface area contributed by atoms with Crippen LogP contribution in [0.2, 0.25) is 5.02 Å². The van der Waals surface area contributed by atoms with Gasteiger partial charge < -0.3 is 14.8 Å². The lowest BCUT2D eigenvalue weighted by molar-refractivity contribution is -0.113. The van der Waals surface area contributed by atoms with E-state index in [2.05, 4.69) is 15.5 Å². The summed E-state index contributed by atoms with van der Waals surface area (Å²) in [6.07, 6.45) is 1.62. The first-order chi connectivity index (χ1) is 16.0. The fraction of sp³-hybridized carbons (Fsp3) is 0.304. The molecule has 1 atom stereocenters. The number of benzene rings is 2. The van der Waals surface area contributed by atoms with Gasteiger partial charge in [-0.15, -0.1) is 10.2 Å². The van der Waals surface area contributed by atoms with Gasteiger partial charge in [-0.2, -0.15) is 0 Å². The number of thioether (sulfide) groups is 1. The van der Waals surface area contributed by atoms with Gasteiger partial charge in [0.1, 0.15) is 5.82 Å². The summed E-state index contributed by atoms with van der Waals surface area (Å²) in [4.78, 5) is 27.3. The number of halogens is 2. The Kier molecular flexibility index (Phi) is 7.29. The topological polar surface area (TPSA) is 80.1 Å². The van der Waals surface area contributed by atoms with E-state index in [0.717, 1.165) is 12.8 Å². The van der Waals surface area contributed by atoms with E-state index in [9.17, 15) is 14.0 Å². The molecule has 3 aromatic rings.